The van der Waals surface area contributed by atoms with Crippen molar-refractivity contribution in [1.82, 2.24) is 0 Å². The molecule has 0 unspecified atom stereocenters. The van der Waals surface area contributed by atoms with Gasteiger partial charge in [-0.1, -0.05) is 19.1 Å². The lowest BCUT2D eigenvalue weighted by atomic mass is 10.1. The molecule has 0 bridgehead atoms. The molecule has 0 spiro atoms. The molecule has 0 amide bonds. The number of methoxy groups -OCH3 is 1. The fourth-order valence-corrected chi connectivity index (χ4v) is 1.44. The highest BCUT2D eigenvalue weighted by molar-refractivity contribution is 5.46. The molecular weight excluding hydrogens is 190 g/mol. The zero-order valence-electron chi connectivity index (χ0n) is 9.45. The molecular formula is C12H19NO2. The Balaban J connectivity index is 2.92. The number of para-hydroxylation sites is 1. The van der Waals surface area contributed by atoms with E-state index < -0.39 is 0 Å². The van der Waals surface area contributed by atoms with Crippen molar-refractivity contribution in [1.29, 1.82) is 0 Å². The standard InChI is InChI=1S/C12H19NO2/c1-3-9-15-12-10(7-8-13)5-4-6-11(12)14-2/h4-6H,3,7-9,13H2,1-2H3. The Bertz CT molecular complexity index is 300. The molecule has 0 aromatic heterocycles. The minimum Gasteiger partial charge on any atom is -0.493 e. The van der Waals surface area contributed by atoms with Gasteiger partial charge in [0.25, 0.3) is 0 Å². The van der Waals surface area contributed by atoms with Gasteiger partial charge in [0, 0.05) is 0 Å². The van der Waals surface area contributed by atoms with E-state index in [0.717, 1.165) is 29.9 Å². The number of hydrogen-bond donors (Lipinski definition) is 1. The second-order valence-corrected chi connectivity index (χ2v) is 3.34. The van der Waals surface area contributed by atoms with E-state index in [1.54, 1.807) is 7.11 Å². The van der Waals surface area contributed by atoms with Crippen LogP contribution in [0, 0.1) is 0 Å². The van der Waals surface area contributed by atoms with Crippen LogP contribution >= 0.6 is 0 Å². The first-order valence-corrected chi connectivity index (χ1v) is 5.32. The molecule has 84 valence electrons. The highest BCUT2D eigenvalue weighted by Gasteiger charge is 2.09. The number of nitrogens with two attached hydrogens (primary N) is 1. The summed E-state index contributed by atoms with van der Waals surface area (Å²) in [6.45, 7) is 3.41. The number of hydrogen-bond acceptors (Lipinski definition) is 3. The maximum atomic E-state index is 5.68. The van der Waals surface area contributed by atoms with Gasteiger partial charge in [0.1, 0.15) is 0 Å². The van der Waals surface area contributed by atoms with E-state index >= 15 is 0 Å². The average Bonchev–Trinajstić information content (AvgIpc) is 2.27. The summed E-state index contributed by atoms with van der Waals surface area (Å²) in [6.07, 6.45) is 1.80. The number of benzene rings is 1. The predicted molar refractivity (Wildman–Crippen MR) is 61.5 cm³/mol. The molecule has 1 rings (SSSR count). The summed E-state index contributed by atoms with van der Waals surface area (Å²) < 4.78 is 10.9. The van der Waals surface area contributed by atoms with Crippen molar-refractivity contribution in [2.24, 2.45) is 5.73 Å². The topological polar surface area (TPSA) is 44.5 Å². The van der Waals surface area contributed by atoms with Gasteiger partial charge in [0.05, 0.1) is 13.7 Å². The molecule has 0 aliphatic rings. The third-order valence-corrected chi connectivity index (χ3v) is 2.14. The van der Waals surface area contributed by atoms with Crippen molar-refractivity contribution < 1.29 is 9.47 Å². The Morgan fingerprint density at radius 3 is 2.73 bits per heavy atom. The van der Waals surface area contributed by atoms with Gasteiger partial charge >= 0.3 is 0 Å². The van der Waals surface area contributed by atoms with Crippen LogP contribution in [-0.2, 0) is 6.42 Å². The van der Waals surface area contributed by atoms with Gasteiger partial charge in [0.15, 0.2) is 11.5 Å². The zero-order valence-corrected chi connectivity index (χ0v) is 9.45. The van der Waals surface area contributed by atoms with Crippen LogP contribution in [0.3, 0.4) is 0 Å². The van der Waals surface area contributed by atoms with E-state index in [9.17, 15) is 0 Å². The van der Waals surface area contributed by atoms with Gasteiger partial charge in [-0.3, -0.25) is 0 Å². The van der Waals surface area contributed by atoms with Crippen molar-refractivity contribution in [2.75, 3.05) is 20.3 Å². The Morgan fingerprint density at radius 2 is 2.13 bits per heavy atom. The van der Waals surface area contributed by atoms with E-state index in [4.69, 9.17) is 15.2 Å². The van der Waals surface area contributed by atoms with E-state index in [2.05, 4.69) is 6.92 Å². The quantitative estimate of drug-likeness (QED) is 0.779. The van der Waals surface area contributed by atoms with Crippen LogP contribution < -0.4 is 15.2 Å². The van der Waals surface area contributed by atoms with E-state index in [1.165, 1.54) is 0 Å². The Hall–Kier alpha value is -1.22. The first-order valence-electron chi connectivity index (χ1n) is 5.32. The molecule has 3 heteroatoms. The Labute approximate surface area is 91.2 Å². The maximum Gasteiger partial charge on any atom is 0.164 e. The van der Waals surface area contributed by atoms with Crippen molar-refractivity contribution in [3.05, 3.63) is 23.8 Å². The number of ether oxygens (including phenoxy) is 2. The summed E-state index contributed by atoms with van der Waals surface area (Å²) in [5, 5.41) is 0. The lowest BCUT2D eigenvalue weighted by molar-refractivity contribution is 0.291. The second-order valence-electron chi connectivity index (χ2n) is 3.34. The van der Waals surface area contributed by atoms with Gasteiger partial charge in [-0.15, -0.1) is 0 Å². The highest BCUT2D eigenvalue weighted by Crippen LogP contribution is 2.31. The Morgan fingerprint density at radius 1 is 1.33 bits per heavy atom. The van der Waals surface area contributed by atoms with E-state index in [1.807, 2.05) is 18.2 Å². The van der Waals surface area contributed by atoms with Crippen LogP contribution in [-0.4, -0.2) is 20.3 Å². The van der Waals surface area contributed by atoms with Crippen LogP contribution in [0.4, 0.5) is 0 Å². The minimum absolute atomic E-state index is 0.621. The molecule has 0 saturated carbocycles. The molecule has 0 atom stereocenters. The van der Waals surface area contributed by atoms with Gasteiger partial charge < -0.3 is 15.2 Å². The molecule has 3 nitrogen and oxygen atoms in total. The van der Waals surface area contributed by atoms with Crippen LogP contribution in [0.15, 0.2) is 18.2 Å². The van der Waals surface area contributed by atoms with Crippen molar-refractivity contribution in [2.45, 2.75) is 19.8 Å². The summed E-state index contributed by atoms with van der Waals surface area (Å²) in [4.78, 5) is 0. The SMILES string of the molecule is CCCOc1c(CCN)cccc1OC. The fraction of sp³-hybridized carbons (Fsp3) is 0.500. The molecule has 0 radical (unpaired) electrons. The average molecular weight is 209 g/mol. The molecule has 2 N–H and O–H groups in total. The monoisotopic (exact) mass is 209 g/mol. The summed E-state index contributed by atoms with van der Waals surface area (Å²) >= 11 is 0. The largest absolute Gasteiger partial charge is 0.493 e. The van der Waals surface area contributed by atoms with Crippen molar-refractivity contribution in [3.8, 4) is 11.5 Å². The predicted octanol–water partition coefficient (Wildman–Crippen LogP) is 1.99. The number of rotatable bonds is 6. The molecule has 0 saturated heterocycles. The van der Waals surface area contributed by atoms with Crippen molar-refractivity contribution in [3.63, 3.8) is 0 Å². The molecule has 0 fully saturated rings. The van der Waals surface area contributed by atoms with Crippen LogP contribution in [0.25, 0.3) is 0 Å². The summed E-state index contributed by atoms with van der Waals surface area (Å²) in [7, 11) is 1.65. The molecule has 0 aliphatic carbocycles. The van der Waals surface area contributed by atoms with Crippen molar-refractivity contribution >= 4 is 0 Å². The summed E-state index contributed by atoms with van der Waals surface area (Å²) in [5.74, 6) is 1.63. The first kappa shape index (κ1) is 11.9. The fourth-order valence-electron chi connectivity index (χ4n) is 1.44. The van der Waals surface area contributed by atoms with Gasteiger partial charge in [-0.25, -0.2) is 0 Å². The van der Waals surface area contributed by atoms with Gasteiger partial charge in [0.2, 0.25) is 0 Å². The van der Waals surface area contributed by atoms with Crippen LogP contribution in [0.1, 0.15) is 18.9 Å². The molecule has 0 aliphatic heterocycles. The van der Waals surface area contributed by atoms with Crippen LogP contribution in [0.2, 0.25) is 0 Å². The lowest BCUT2D eigenvalue weighted by Gasteiger charge is -2.14. The molecule has 0 heterocycles. The third kappa shape index (κ3) is 3.13. The zero-order chi connectivity index (χ0) is 11.1. The highest BCUT2D eigenvalue weighted by atomic mass is 16.5. The van der Waals surface area contributed by atoms with E-state index in [-0.39, 0.29) is 0 Å². The first-order chi connectivity index (χ1) is 7.33. The summed E-state index contributed by atoms with van der Waals surface area (Å²) in [5.41, 5.74) is 6.67. The van der Waals surface area contributed by atoms with E-state index in [0.29, 0.717) is 13.2 Å². The molecule has 15 heavy (non-hydrogen) atoms. The molecule has 1 aromatic rings. The smallest absolute Gasteiger partial charge is 0.164 e. The normalized spacial score (nSPS) is 10.1. The second kappa shape index (κ2) is 6.30. The molecule has 1 aromatic carbocycles. The summed E-state index contributed by atoms with van der Waals surface area (Å²) in [6, 6.07) is 5.90. The van der Waals surface area contributed by atoms with Gasteiger partial charge in [-0.05, 0) is 31.0 Å². The van der Waals surface area contributed by atoms with Gasteiger partial charge in [-0.2, -0.15) is 0 Å². The lowest BCUT2D eigenvalue weighted by Crippen LogP contribution is -2.06. The Kier molecular flexibility index (Phi) is 4.98. The van der Waals surface area contributed by atoms with Crippen LogP contribution in [0.5, 0.6) is 11.5 Å². The minimum atomic E-state index is 0.621. The third-order valence-electron chi connectivity index (χ3n) is 2.14. The maximum absolute atomic E-state index is 5.68.